The average molecular weight is 208 g/mol. The summed E-state index contributed by atoms with van der Waals surface area (Å²) in [4.78, 5) is 8.20. The summed E-state index contributed by atoms with van der Waals surface area (Å²) in [6.07, 6.45) is 6.64. The highest BCUT2D eigenvalue weighted by Crippen LogP contribution is 2.08. The zero-order valence-corrected chi connectivity index (χ0v) is 9.58. The third kappa shape index (κ3) is 4.63. The molecule has 0 aliphatic rings. The second kappa shape index (κ2) is 7.04. The summed E-state index contributed by atoms with van der Waals surface area (Å²) in [5, 5.41) is 6.27. The van der Waals surface area contributed by atoms with E-state index in [0.717, 1.165) is 18.2 Å². The fourth-order valence-corrected chi connectivity index (χ4v) is 1.36. The van der Waals surface area contributed by atoms with Gasteiger partial charge in [-0.25, -0.2) is 9.97 Å². The first-order valence-electron chi connectivity index (χ1n) is 5.60. The number of hydrogen-bond acceptors (Lipinski definition) is 4. The highest BCUT2D eigenvalue weighted by atomic mass is 15.0. The molecule has 0 aromatic carbocycles. The van der Waals surface area contributed by atoms with E-state index in [1.807, 2.05) is 13.1 Å². The molecule has 0 atom stereocenters. The Balaban J connectivity index is 2.24. The molecule has 0 saturated heterocycles. The lowest BCUT2D eigenvalue weighted by Gasteiger charge is -2.06. The highest BCUT2D eigenvalue weighted by molar-refractivity contribution is 5.45. The Morgan fingerprint density at radius 2 is 1.93 bits per heavy atom. The van der Waals surface area contributed by atoms with Crippen LogP contribution < -0.4 is 10.6 Å². The van der Waals surface area contributed by atoms with Crippen LogP contribution in [0.3, 0.4) is 0 Å². The number of aromatic nitrogens is 2. The first-order valence-corrected chi connectivity index (χ1v) is 5.60. The maximum atomic E-state index is 4.14. The van der Waals surface area contributed by atoms with Crippen LogP contribution in [0.25, 0.3) is 0 Å². The van der Waals surface area contributed by atoms with Gasteiger partial charge in [0, 0.05) is 19.7 Å². The molecule has 0 amide bonds. The summed E-state index contributed by atoms with van der Waals surface area (Å²) in [6.45, 7) is 3.21. The smallest absolute Gasteiger partial charge is 0.131 e. The Hall–Kier alpha value is -1.32. The fourth-order valence-electron chi connectivity index (χ4n) is 1.36. The summed E-state index contributed by atoms with van der Waals surface area (Å²) in [7, 11) is 1.85. The molecule has 0 fully saturated rings. The van der Waals surface area contributed by atoms with Crippen LogP contribution in [0.1, 0.15) is 32.6 Å². The third-order valence-corrected chi connectivity index (χ3v) is 2.26. The van der Waals surface area contributed by atoms with Crippen LogP contribution in [0.4, 0.5) is 11.6 Å². The molecule has 2 N–H and O–H groups in total. The number of hydrogen-bond donors (Lipinski definition) is 2. The molecule has 4 heteroatoms. The van der Waals surface area contributed by atoms with E-state index in [4.69, 9.17) is 0 Å². The molecule has 0 aliphatic heterocycles. The molecule has 0 radical (unpaired) electrons. The molecule has 1 aromatic rings. The Kier molecular flexibility index (Phi) is 5.51. The van der Waals surface area contributed by atoms with Gasteiger partial charge < -0.3 is 10.6 Å². The van der Waals surface area contributed by atoms with Crippen molar-refractivity contribution in [3.63, 3.8) is 0 Å². The molecule has 15 heavy (non-hydrogen) atoms. The van der Waals surface area contributed by atoms with Gasteiger partial charge in [-0.3, -0.25) is 0 Å². The minimum absolute atomic E-state index is 0.848. The summed E-state index contributed by atoms with van der Waals surface area (Å²) >= 11 is 0. The van der Waals surface area contributed by atoms with Gasteiger partial charge in [-0.15, -0.1) is 0 Å². The monoisotopic (exact) mass is 208 g/mol. The van der Waals surface area contributed by atoms with Gasteiger partial charge in [0.15, 0.2) is 0 Å². The molecule has 1 aromatic heterocycles. The molecule has 84 valence electrons. The molecule has 4 nitrogen and oxygen atoms in total. The molecule has 0 aliphatic carbocycles. The lowest BCUT2D eigenvalue weighted by Crippen LogP contribution is -2.04. The van der Waals surface area contributed by atoms with Crippen LogP contribution in [0.2, 0.25) is 0 Å². The molecule has 0 spiro atoms. The maximum Gasteiger partial charge on any atom is 0.131 e. The maximum absolute atomic E-state index is 4.14. The first kappa shape index (κ1) is 11.8. The summed E-state index contributed by atoms with van der Waals surface area (Å²) < 4.78 is 0. The number of unbranched alkanes of at least 4 members (excludes halogenated alkanes) is 3. The van der Waals surface area contributed by atoms with E-state index < -0.39 is 0 Å². The van der Waals surface area contributed by atoms with Crippen LogP contribution in [0.15, 0.2) is 12.4 Å². The summed E-state index contributed by atoms with van der Waals surface area (Å²) in [5.74, 6) is 1.74. The second-order valence-electron chi connectivity index (χ2n) is 3.53. The van der Waals surface area contributed by atoms with Gasteiger partial charge in [0.05, 0.1) is 0 Å². The normalized spacial score (nSPS) is 10.0. The van der Waals surface area contributed by atoms with E-state index in [0.29, 0.717) is 0 Å². The fraction of sp³-hybridized carbons (Fsp3) is 0.636. The average Bonchev–Trinajstić information content (AvgIpc) is 2.29. The number of anilines is 2. The van der Waals surface area contributed by atoms with Crippen LogP contribution in [0.5, 0.6) is 0 Å². The van der Waals surface area contributed by atoms with E-state index in [2.05, 4.69) is 27.5 Å². The van der Waals surface area contributed by atoms with Crippen molar-refractivity contribution in [3.8, 4) is 0 Å². The minimum Gasteiger partial charge on any atom is -0.373 e. The van der Waals surface area contributed by atoms with Gasteiger partial charge in [-0.2, -0.15) is 0 Å². The van der Waals surface area contributed by atoms with E-state index in [1.165, 1.54) is 25.7 Å². The Labute approximate surface area is 91.5 Å². The predicted molar refractivity (Wildman–Crippen MR) is 64.2 cm³/mol. The zero-order valence-electron chi connectivity index (χ0n) is 9.58. The molecule has 0 saturated carbocycles. The Morgan fingerprint density at radius 1 is 1.13 bits per heavy atom. The number of nitrogens with one attached hydrogen (secondary N) is 2. The Bertz CT molecular complexity index is 275. The van der Waals surface area contributed by atoms with Gasteiger partial charge >= 0.3 is 0 Å². The van der Waals surface area contributed by atoms with Crippen molar-refractivity contribution in [2.45, 2.75) is 32.6 Å². The molecule has 1 heterocycles. The SMILES string of the molecule is CCCCCCNc1cc(NC)ncn1. The lowest BCUT2D eigenvalue weighted by molar-refractivity contribution is 0.684. The topological polar surface area (TPSA) is 49.8 Å². The molecular formula is C11H20N4. The van der Waals surface area contributed by atoms with Gasteiger partial charge in [0.1, 0.15) is 18.0 Å². The van der Waals surface area contributed by atoms with Crippen molar-refractivity contribution in [1.29, 1.82) is 0 Å². The van der Waals surface area contributed by atoms with Crippen molar-refractivity contribution in [2.75, 3.05) is 24.2 Å². The van der Waals surface area contributed by atoms with E-state index >= 15 is 0 Å². The second-order valence-corrected chi connectivity index (χ2v) is 3.53. The predicted octanol–water partition coefficient (Wildman–Crippen LogP) is 2.51. The van der Waals surface area contributed by atoms with E-state index in [1.54, 1.807) is 6.33 Å². The first-order chi connectivity index (χ1) is 7.36. The number of nitrogens with zero attached hydrogens (tertiary/aromatic N) is 2. The molecule has 0 unspecified atom stereocenters. The highest BCUT2D eigenvalue weighted by Gasteiger charge is 1.95. The summed E-state index contributed by atoms with van der Waals surface area (Å²) in [5.41, 5.74) is 0. The quantitative estimate of drug-likeness (QED) is 0.676. The standard InChI is InChI=1S/C11H20N4/c1-3-4-5-6-7-13-11-8-10(12-2)14-9-15-11/h8-9H,3-7H2,1-2H3,(H2,12,13,14,15). The third-order valence-electron chi connectivity index (χ3n) is 2.26. The van der Waals surface area contributed by atoms with Crippen molar-refractivity contribution in [1.82, 2.24) is 9.97 Å². The zero-order chi connectivity index (χ0) is 10.9. The van der Waals surface area contributed by atoms with E-state index in [-0.39, 0.29) is 0 Å². The van der Waals surface area contributed by atoms with Crippen LogP contribution >= 0.6 is 0 Å². The van der Waals surface area contributed by atoms with Crippen molar-refractivity contribution < 1.29 is 0 Å². The van der Waals surface area contributed by atoms with Gasteiger partial charge in [-0.1, -0.05) is 26.2 Å². The van der Waals surface area contributed by atoms with Crippen molar-refractivity contribution in [2.24, 2.45) is 0 Å². The van der Waals surface area contributed by atoms with Crippen LogP contribution in [0, 0.1) is 0 Å². The minimum atomic E-state index is 0.848. The van der Waals surface area contributed by atoms with E-state index in [9.17, 15) is 0 Å². The van der Waals surface area contributed by atoms with Gasteiger partial charge in [-0.05, 0) is 6.42 Å². The van der Waals surface area contributed by atoms with Crippen LogP contribution in [-0.4, -0.2) is 23.6 Å². The van der Waals surface area contributed by atoms with Gasteiger partial charge in [0.2, 0.25) is 0 Å². The molecule has 0 bridgehead atoms. The molecular weight excluding hydrogens is 188 g/mol. The largest absolute Gasteiger partial charge is 0.373 e. The Morgan fingerprint density at radius 3 is 2.67 bits per heavy atom. The lowest BCUT2D eigenvalue weighted by atomic mass is 10.2. The van der Waals surface area contributed by atoms with Crippen molar-refractivity contribution >= 4 is 11.6 Å². The summed E-state index contributed by atoms with van der Waals surface area (Å²) in [6, 6.07) is 1.92. The van der Waals surface area contributed by atoms with Crippen LogP contribution in [-0.2, 0) is 0 Å². The van der Waals surface area contributed by atoms with Gasteiger partial charge in [0.25, 0.3) is 0 Å². The molecule has 1 rings (SSSR count). The van der Waals surface area contributed by atoms with Crippen molar-refractivity contribution in [3.05, 3.63) is 12.4 Å². The number of rotatable bonds is 7.